The van der Waals surface area contributed by atoms with Crippen LogP contribution in [-0.2, 0) is 0 Å². The van der Waals surface area contributed by atoms with Crippen molar-refractivity contribution >= 4 is 20.8 Å². The van der Waals surface area contributed by atoms with E-state index in [0.717, 1.165) is 9.52 Å². The van der Waals surface area contributed by atoms with Crippen LogP contribution < -0.4 is 5.19 Å². The molecule has 0 bridgehead atoms. The lowest BCUT2D eigenvalue weighted by Crippen LogP contribution is -2.65. The number of nitrogens with zero attached hydrogens (tertiary/aromatic N) is 2. The maximum atomic E-state index is 3.94. The lowest BCUT2D eigenvalue weighted by atomic mass is 10.2. The molecule has 0 atom stereocenters. The van der Waals surface area contributed by atoms with Gasteiger partial charge in [-0.3, -0.25) is 9.80 Å². The summed E-state index contributed by atoms with van der Waals surface area (Å²) in [6.45, 7) is 20.3. The van der Waals surface area contributed by atoms with Crippen molar-refractivity contribution in [1.82, 2.24) is 9.80 Å². The number of hydrogen-bond donors (Lipinski definition) is 0. The average molecular weight is 359 g/mol. The highest BCUT2D eigenvalue weighted by molar-refractivity contribution is 6.56. The Labute approximate surface area is 159 Å². The highest BCUT2D eigenvalue weighted by Gasteiger charge is 2.37. The fourth-order valence-corrected chi connectivity index (χ4v) is 5.28. The van der Waals surface area contributed by atoms with Crippen LogP contribution in [0.3, 0.4) is 0 Å². The third-order valence-electron chi connectivity index (χ3n) is 4.71. The molecular formula is C22H38N2Si. The van der Waals surface area contributed by atoms with Crippen molar-refractivity contribution in [3.63, 3.8) is 0 Å². The Hall–Kier alpha value is -0.903. The summed E-state index contributed by atoms with van der Waals surface area (Å²) in [5, 5.41) is 1.53. The van der Waals surface area contributed by atoms with Gasteiger partial charge >= 0.3 is 0 Å². The summed E-state index contributed by atoms with van der Waals surface area (Å²) in [7, 11) is 0.752. The van der Waals surface area contributed by atoms with E-state index in [1.807, 2.05) is 6.08 Å². The molecule has 140 valence electrons. The molecule has 2 radical (unpaired) electrons. The summed E-state index contributed by atoms with van der Waals surface area (Å²) in [6.07, 6.45) is 6.78. The molecule has 0 heterocycles. The summed E-state index contributed by atoms with van der Waals surface area (Å²) in [6, 6.07) is 8.92. The molecule has 1 aromatic rings. The molecule has 0 aromatic heterocycles. The van der Waals surface area contributed by atoms with E-state index >= 15 is 0 Å². The molecule has 0 N–H and O–H groups in total. The second-order valence-corrected chi connectivity index (χ2v) is 8.72. The SMILES string of the molecule is C=Cc1cccc([Si]C(C)(N(CCC)CCC)N(CCC)CCC)c1. The molecule has 0 aliphatic rings. The monoisotopic (exact) mass is 358 g/mol. The first-order chi connectivity index (χ1) is 12.0. The fraction of sp³-hybridized carbons (Fsp3) is 0.636. The van der Waals surface area contributed by atoms with Crippen LogP contribution in [-0.4, -0.2) is 50.8 Å². The van der Waals surface area contributed by atoms with Gasteiger partial charge in [-0.1, -0.05) is 69.8 Å². The van der Waals surface area contributed by atoms with Gasteiger partial charge in [0.1, 0.15) is 9.52 Å². The minimum Gasteiger partial charge on any atom is -0.289 e. The molecule has 3 heteroatoms. The van der Waals surface area contributed by atoms with E-state index in [0.29, 0.717) is 0 Å². The van der Waals surface area contributed by atoms with Crippen molar-refractivity contribution in [1.29, 1.82) is 0 Å². The van der Waals surface area contributed by atoms with Gasteiger partial charge in [-0.05, 0) is 64.3 Å². The highest BCUT2D eigenvalue weighted by Crippen LogP contribution is 2.22. The molecule has 2 nitrogen and oxygen atoms in total. The van der Waals surface area contributed by atoms with Crippen LogP contribution in [0.15, 0.2) is 30.8 Å². The van der Waals surface area contributed by atoms with Crippen LogP contribution in [0.1, 0.15) is 65.9 Å². The summed E-state index contributed by atoms with van der Waals surface area (Å²) in [5.74, 6) is 0. The smallest absolute Gasteiger partial charge is 0.127 e. The first-order valence-corrected chi connectivity index (χ1v) is 11.1. The van der Waals surface area contributed by atoms with Gasteiger partial charge in [0.05, 0.1) is 5.29 Å². The van der Waals surface area contributed by atoms with Crippen LogP contribution in [0.5, 0.6) is 0 Å². The predicted octanol–water partition coefficient (Wildman–Crippen LogP) is 4.58. The molecule has 0 aliphatic heterocycles. The van der Waals surface area contributed by atoms with Crippen LogP contribution in [0.25, 0.3) is 6.08 Å². The molecule has 0 saturated carbocycles. The Kier molecular flexibility index (Phi) is 10.3. The second-order valence-electron chi connectivity index (χ2n) is 6.95. The quantitative estimate of drug-likeness (QED) is 0.376. The number of hydrogen-bond acceptors (Lipinski definition) is 2. The first kappa shape index (κ1) is 22.1. The van der Waals surface area contributed by atoms with E-state index in [2.05, 4.69) is 75.3 Å². The van der Waals surface area contributed by atoms with E-state index < -0.39 is 0 Å². The Morgan fingerprint density at radius 2 is 1.40 bits per heavy atom. The van der Waals surface area contributed by atoms with E-state index in [4.69, 9.17) is 0 Å². The van der Waals surface area contributed by atoms with Gasteiger partial charge in [0.2, 0.25) is 0 Å². The van der Waals surface area contributed by atoms with E-state index in [1.54, 1.807) is 0 Å². The van der Waals surface area contributed by atoms with Gasteiger partial charge in [0, 0.05) is 0 Å². The summed E-state index contributed by atoms with van der Waals surface area (Å²) < 4.78 is 0. The van der Waals surface area contributed by atoms with E-state index in [1.165, 1.54) is 62.6 Å². The zero-order chi connectivity index (χ0) is 18.7. The Morgan fingerprint density at radius 3 is 1.80 bits per heavy atom. The number of benzene rings is 1. The Morgan fingerprint density at radius 1 is 0.920 bits per heavy atom. The molecular weight excluding hydrogens is 320 g/mol. The van der Waals surface area contributed by atoms with E-state index in [-0.39, 0.29) is 5.29 Å². The zero-order valence-electron chi connectivity index (χ0n) is 17.1. The van der Waals surface area contributed by atoms with Gasteiger partial charge in [0.25, 0.3) is 0 Å². The third kappa shape index (κ3) is 6.39. The maximum absolute atomic E-state index is 3.94. The largest absolute Gasteiger partial charge is 0.289 e. The van der Waals surface area contributed by atoms with Crippen molar-refractivity contribution < 1.29 is 0 Å². The maximum Gasteiger partial charge on any atom is 0.127 e. The first-order valence-electron chi connectivity index (χ1n) is 10.1. The summed E-state index contributed by atoms with van der Waals surface area (Å²) in [4.78, 5) is 5.47. The highest BCUT2D eigenvalue weighted by atomic mass is 28.2. The minimum absolute atomic E-state index is 0.0951. The Bertz CT molecular complexity index is 473. The molecule has 0 unspecified atom stereocenters. The normalized spacial score (nSPS) is 12.1. The van der Waals surface area contributed by atoms with Gasteiger partial charge in [-0.2, -0.15) is 0 Å². The van der Waals surface area contributed by atoms with Crippen LogP contribution in [0.2, 0.25) is 0 Å². The van der Waals surface area contributed by atoms with E-state index in [9.17, 15) is 0 Å². The van der Waals surface area contributed by atoms with Crippen molar-refractivity contribution in [2.45, 2.75) is 65.6 Å². The van der Waals surface area contributed by atoms with Crippen molar-refractivity contribution in [3.8, 4) is 0 Å². The molecule has 0 amide bonds. The Balaban J connectivity index is 3.24. The second kappa shape index (κ2) is 11.7. The molecule has 0 saturated heterocycles. The summed E-state index contributed by atoms with van der Waals surface area (Å²) in [5.41, 5.74) is 1.22. The van der Waals surface area contributed by atoms with Gasteiger partial charge in [-0.25, -0.2) is 0 Å². The minimum atomic E-state index is 0.0951. The molecule has 25 heavy (non-hydrogen) atoms. The molecule has 0 aliphatic carbocycles. The molecule has 1 aromatic carbocycles. The van der Waals surface area contributed by atoms with Crippen LogP contribution >= 0.6 is 0 Å². The standard InChI is InChI=1S/C22H38N2Si/c1-7-15-23(16-8-2)22(6,24(17-9-3)18-10-4)25-21-14-12-13-20(11-5)19-21/h11-14,19H,5,7-10,15-18H2,1-4,6H3. The van der Waals surface area contributed by atoms with Crippen molar-refractivity contribution in [2.24, 2.45) is 0 Å². The third-order valence-corrected chi connectivity index (χ3v) is 6.41. The fourth-order valence-electron chi connectivity index (χ4n) is 3.55. The molecule has 1 rings (SSSR count). The summed E-state index contributed by atoms with van der Waals surface area (Å²) >= 11 is 0. The van der Waals surface area contributed by atoms with Gasteiger partial charge in [-0.15, -0.1) is 0 Å². The topological polar surface area (TPSA) is 6.48 Å². The lowest BCUT2D eigenvalue weighted by Gasteiger charge is -2.49. The predicted molar refractivity (Wildman–Crippen MR) is 115 cm³/mol. The van der Waals surface area contributed by atoms with Gasteiger partial charge < -0.3 is 0 Å². The van der Waals surface area contributed by atoms with Crippen LogP contribution in [0.4, 0.5) is 0 Å². The molecule has 0 fully saturated rings. The van der Waals surface area contributed by atoms with Crippen molar-refractivity contribution in [2.75, 3.05) is 26.2 Å². The lowest BCUT2D eigenvalue weighted by molar-refractivity contribution is 0.0163. The van der Waals surface area contributed by atoms with Crippen molar-refractivity contribution in [3.05, 3.63) is 36.4 Å². The molecule has 0 spiro atoms. The van der Waals surface area contributed by atoms with Crippen LogP contribution in [0, 0.1) is 0 Å². The average Bonchev–Trinajstić information content (AvgIpc) is 2.61. The van der Waals surface area contributed by atoms with Gasteiger partial charge in [0.15, 0.2) is 0 Å². The zero-order valence-corrected chi connectivity index (χ0v) is 18.1. The number of rotatable bonds is 13.